The summed E-state index contributed by atoms with van der Waals surface area (Å²) >= 11 is 0. The molecule has 2 atom stereocenters. The molecule has 0 spiro atoms. The van der Waals surface area contributed by atoms with E-state index in [0.29, 0.717) is 52.2 Å². The number of hydrogen-bond donors (Lipinski definition) is 0. The molecule has 17 heavy (non-hydrogen) atoms. The first-order chi connectivity index (χ1) is 8.33. The second-order valence-corrected chi connectivity index (χ2v) is 4.54. The molecule has 4 nitrogen and oxygen atoms in total. The molecule has 0 radical (unpaired) electrons. The van der Waals surface area contributed by atoms with Gasteiger partial charge in [0.25, 0.3) is 0 Å². The molecule has 102 valence electrons. The summed E-state index contributed by atoms with van der Waals surface area (Å²) in [5, 5.41) is 0. The van der Waals surface area contributed by atoms with Crippen molar-refractivity contribution < 1.29 is 18.9 Å². The van der Waals surface area contributed by atoms with Crippen molar-refractivity contribution in [1.82, 2.24) is 0 Å². The minimum absolute atomic E-state index is 0.188. The lowest BCUT2D eigenvalue weighted by Crippen LogP contribution is -2.26. The van der Waals surface area contributed by atoms with Gasteiger partial charge in [-0.25, -0.2) is 0 Å². The van der Waals surface area contributed by atoms with Crippen molar-refractivity contribution in [2.24, 2.45) is 5.92 Å². The van der Waals surface area contributed by atoms with Crippen molar-refractivity contribution in [2.75, 3.05) is 46.2 Å². The fourth-order valence-corrected chi connectivity index (χ4v) is 1.73. The first-order valence-corrected chi connectivity index (χ1v) is 6.67. The molecule has 0 bridgehead atoms. The molecule has 0 amide bonds. The first kappa shape index (κ1) is 14.9. The topological polar surface area (TPSA) is 36.9 Å². The van der Waals surface area contributed by atoms with Crippen LogP contribution in [0.15, 0.2) is 0 Å². The highest BCUT2D eigenvalue weighted by molar-refractivity contribution is 4.62. The lowest BCUT2D eigenvalue weighted by Gasteiger charge is -2.21. The van der Waals surface area contributed by atoms with Gasteiger partial charge in [0.05, 0.1) is 52.4 Å². The Balaban J connectivity index is 2.26. The summed E-state index contributed by atoms with van der Waals surface area (Å²) in [5.41, 5.74) is 0. The van der Waals surface area contributed by atoms with Crippen molar-refractivity contribution in [1.29, 1.82) is 0 Å². The maximum atomic E-state index is 5.80. The molecule has 4 heteroatoms. The monoisotopic (exact) mass is 246 g/mol. The third kappa shape index (κ3) is 7.71. The predicted octanol–water partition coefficient (Wildman–Crippen LogP) is 1.87. The zero-order chi connectivity index (χ0) is 12.3. The van der Waals surface area contributed by atoms with Gasteiger partial charge in [-0.3, -0.25) is 0 Å². The Morgan fingerprint density at radius 2 is 1.53 bits per heavy atom. The Kier molecular flexibility index (Phi) is 8.61. The van der Waals surface area contributed by atoms with Crippen LogP contribution in [0.3, 0.4) is 0 Å². The van der Waals surface area contributed by atoms with Crippen molar-refractivity contribution >= 4 is 0 Å². The summed E-state index contributed by atoms with van der Waals surface area (Å²) in [6.07, 6.45) is 2.42. The lowest BCUT2D eigenvalue weighted by molar-refractivity contribution is -0.0721. The second kappa shape index (κ2) is 9.83. The average Bonchev–Trinajstić information content (AvgIpc) is 2.32. The van der Waals surface area contributed by atoms with E-state index in [0.717, 1.165) is 6.42 Å². The number of ether oxygens (including phenoxy) is 4. The van der Waals surface area contributed by atoms with E-state index in [1.807, 2.05) is 0 Å². The maximum absolute atomic E-state index is 5.80. The SMILES string of the molecule is CCC(C)CC1COCCOCCOCCO1. The van der Waals surface area contributed by atoms with Gasteiger partial charge in [0, 0.05) is 0 Å². The van der Waals surface area contributed by atoms with E-state index in [1.165, 1.54) is 6.42 Å². The normalized spacial score (nSPS) is 26.8. The van der Waals surface area contributed by atoms with Crippen LogP contribution in [0, 0.1) is 5.92 Å². The van der Waals surface area contributed by atoms with Gasteiger partial charge in [0.2, 0.25) is 0 Å². The standard InChI is InChI=1S/C13H26O4/c1-3-12(2)10-13-11-16-7-6-14-4-5-15-8-9-17-13/h12-13H,3-11H2,1-2H3. The highest BCUT2D eigenvalue weighted by Crippen LogP contribution is 2.13. The van der Waals surface area contributed by atoms with Crippen LogP contribution in [-0.2, 0) is 18.9 Å². The molecule has 0 aromatic rings. The molecule has 1 aliphatic heterocycles. The molecule has 1 saturated heterocycles. The zero-order valence-electron chi connectivity index (χ0n) is 11.2. The van der Waals surface area contributed by atoms with Crippen molar-refractivity contribution in [3.63, 3.8) is 0 Å². The van der Waals surface area contributed by atoms with Crippen LogP contribution in [0.5, 0.6) is 0 Å². The molecular weight excluding hydrogens is 220 g/mol. The van der Waals surface area contributed by atoms with Gasteiger partial charge in [-0.1, -0.05) is 20.3 Å². The average molecular weight is 246 g/mol. The minimum Gasteiger partial charge on any atom is -0.377 e. The molecule has 0 aromatic carbocycles. The summed E-state index contributed by atoms with van der Waals surface area (Å²) in [5.74, 6) is 0.675. The molecular formula is C13H26O4. The highest BCUT2D eigenvalue weighted by atomic mass is 16.6. The van der Waals surface area contributed by atoms with Crippen molar-refractivity contribution in [3.05, 3.63) is 0 Å². The predicted molar refractivity (Wildman–Crippen MR) is 66.3 cm³/mol. The van der Waals surface area contributed by atoms with E-state index >= 15 is 0 Å². The first-order valence-electron chi connectivity index (χ1n) is 6.67. The molecule has 1 rings (SSSR count). The fraction of sp³-hybridized carbons (Fsp3) is 1.00. The van der Waals surface area contributed by atoms with Gasteiger partial charge in [-0.05, 0) is 12.3 Å². The molecule has 0 aromatic heterocycles. The lowest BCUT2D eigenvalue weighted by atomic mass is 10.0. The Morgan fingerprint density at radius 3 is 2.18 bits per heavy atom. The number of hydrogen-bond acceptors (Lipinski definition) is 4. The van der Waals surface area contributed by atoms with Crippen molar-refractivity contribution in [2.45, 2.75) is 32.8 Å². The van der Waals surface area contributed by atoms with Crippen LogP contribution in [0.4, 0.5) is 0 Å². The Labute approximate surface area is 105 Å². The molecule has 0 aliphatic carbocycles. The van der Waals surface area contributed by atoms with Gasteiger partial charge < -0.3 is 18.9 Å². The summed E-state index contributed by atoms with van der Waals surface area (Å²) in [4.78, 5) is 0. The van der Waals surface area contributed by atoms with Crippen LogP contribution in [0.25, 0.3) is 0 Å². The molecule has 0 N–H and O–H groups in total. The Morgan fingerprint density at radius 1 is 0.941 bits per heavy atom. The van der Waals surface area contributed by atoms with E-state index in [2.05, 4.69) is 13.8 Å². The molecule has 0 saturated carbocycles. The second-order valence-electron chi connectivity index (χ2n) is 4.54. The van der Waals surface area contributed by atoms with Gasteiger partial charge in [0.1, 0.15) is 0 Å². The summed E-state index contributed by atoms with van der Waals surface area (Å²) in [6, 6.07) is 0. The third-order valence-electron chi connectivity index (χ3n) is 2.99. The maximum Gasteiger partial charge on any atom is 0.0812 e. The van der Waals surface area contributed by atoms with Crippen LogP contribution in [0.2, 0.25) is 0 Å². The zero-order valence-corrected chi connectivity index (χ0v) is 11.2. The Hall–Kier alpha value is -0.160. The highest BCUT2D eigenvalue weighted by Gasteiger charge is 2.13. The summed E-state index contributed by atoms with van der Waals surface area (Å²) in [6.45, 7) is 8.95. The van der Waals surface area contributed by atoms with Crippen LogP contribution in [-0.4, -0.2) is 52.4 Å². The van der Waals surface area contributed by atoms with E-state index in [4.69, 9.17) is 18.9 Å². The van der Waals surface area contributed by atoms with Gasteiger partial charge in [-0.2, -0.15) is 0 Å². The van der Waals surface area contributed by atoms with Crippen LogP contribution >= 0.6 is 0 Å². The fourth-order valence-electron chi connectivity index (χ4n) is 1.73. The quantitative estimate of drug-likeness (QED) is 0.762. The minimum atomic E-state index is 0.188. The molecule has 1 fully saturated rings. The van der Waals surface area contributed by atoms with E-state index < -0.39 is 0 Å². The number of rotatable bonds is 3. The smallest absolute Gasteiger partial charge is 0.0812 e. The molecule has 1 aliphatic rings. The Bertz CT molecular complexity index is 163. The van der Waals surface area contributed by atoms with E-state index in [-0.39, 0.29) is 6.10 Å². The van der Waals surface area contributed by atoms with Gasteiger partial charge >= 0.3 is 0 Å². The van der Waals surface area contributed by atoms with E-state index in [1.54, 1.807) is 0 Å². The molecule has 2 unspecified atom stereocenters. The van der Waals surface area contributed by atoms with Crippen molar-refractivity contribution in [3.8, 4) is 0 Å². The van der Waals surface area contributed by atoms with E-state index in [9.17, 15) is 0 Å². The molecule has 1 heterocycles. The van der Waals surface area contributed by atoms with Gasteiger partial charge in [0.15, 0.2) is 0 Å². The summed E-state index contributed by atoms with van der Waals surface area (Å²) in [7, 11) is 0. The van der Waals surface area contributed by atoms with Crippen LogP contribution < -0.4 is 0 Å². The summed E-state index contributed by atoms with van der Waals surface area (Å²) < 4.78 is 22.1. The third-order valence-corrected chi connectivity index (χ3v) is 2.99. The largest absolute Gasteiger partial charge is 0.377 e. The van der Waals surface area contributed by atoms with Gasteiger partial charge in [-0.15, -0.1) is 0 Å². The van der Waals surface area contributed by atoms with Crippen LogP contribution in [0.1, 0.15) is 26.7 Å².